The summed E-state index contributed by atoms with van der Waals surface area (Å²) in [5, 5.41) is 2.93. The van der Waals surface area contributed by atoms with Crippen molar-refractivity contribution < 1.29 is 9.53 Å². The van der Waals surface area contributed by atoms with E-state index >= 15 is 0 Å². The molecule has 0 saturated carbocycles. The van der Waals surface area contributed by atoms with E-state index in [1.54, 1.807) is 10.6 Å². The maximum atomic E-state index is 12.8. The Morgan fingerprint density at radius 2 is 2.15 bits per heavy atom. The number of hydrogen-bond acceptors (Lipinski definition) is 5. The molecule has 0 spiro atoms. The van der Waals surface area contributed by atoms with Gasteiger partial charge in [0.15, 0.2) is 5.65 Å². The summed E-state index contributed by atoms with van der Waals surface area (Å²) in [6.45, 7) is 5.43. The SMILES string of the molecule is C=CCn1c(N)c(C(=O)NC[C@H]2CCCO2)c2nc3ccccc3nc21. The first-order chi connectivity index (χ1) is 12.7. The van der Waals surface area contributed by atoms with Crippen LogP contribution < -0.4 is 11.1 Å². The van der Waals surface area contributed by atoms with Crippen molar-refractivity contribution in [3.05, 3.63) is 42.5 Å². The third kappa shape index (κ3) is 2.80. The highest BCUT2D eigenvalue weighted by atomic mass is 16.5. The lowest BCUT2D eigenvalue weighted by atomic mass is 10.2. The number of benzene rings is 1. The van der Waals surface area contributed by atoms with Crippen LogP contribution in [0.25, 0.3) is 22.2 Å². The number of allylic oxidation sites excluding steroid dienone is 1. The van der Waals surface area contributed by atoms with E-state index in [-0.39, 0.29) is 12.0 Å². The van der Waals surface area contributed by atoms with E-state index in [1.807, 2.05) is 24.3 Å². The van der Waals surface area contributed by atoms with Crippen LogP contribution in [-0.2, 0) is 11.3 Å². The molecule has 0 aliphatic carbocycles. The van der Waals surface area contributed by atoms with Crippen LogP contribution in [0.3, 0.4) is 0 Å². The van der Waals surface area contributed by atoms with Crippen molar-refractivity contribution in [1.29, 1.82) is 0 Å². The zero-order valence-corrected chi connectivity index (χ0v) is 14.4. The second-order valence-electron chi connectivity index (χ2n) is 6.39. The lowest BCUT2D eigenvalue weighted by molar-refractivity contribution is 0.0859. The Morgan fingerprint density at radius 3 is 2.85 bits per heavy atom. The van der Waals surface area contributed by atoms with E-state index in [0.29, 0.717) is 35.6 Å². The van der Waals surface area contributed by atoms with Gasteiger partial charge >= 0.3 is 0 Å². The summed E-state index contributed by atoms with van der Waals surface area (Å²) in [6, 6.07) is 7.56. The maximum Gasteiger partial charge on any atom is 0.257 e. The number of carbonyl (C=O) groups excluding carboxylic acids is 1. The fourth-order valence-corrected chi connectivity index (χ4v) is 3.36. The summed E-state index contributed by atoms with van der Waals surface area (Å²) in [4.78, 5) is 22.2. The normalized spacial score (nSPS) is 17.0. The Balaban J connectivity index is 1.78. The average Bonchev–Trinajstić information content (AvgIpc) is 3.25. The van der Waals surface area contributed by atoms with Gasteiger partial charge in [-0.05, 0) is 25.0 Å². The second-order valence-corrected chi connectivity index (χ2v) is 6.39. The lowest BCUT2D eigenvalue weighted by Crippen LogP contribution is -2.32. The molecular formula is C19H21N5O2. The van der Waals surface area contributed by atoms with Gasteiger partial charge in [0.05, 0.1) is 17.1 Å². The molecule has 3 N–H and O–H groups in total. The van der Waals surface area contributed by atoms with Crippen LogP contribution in [0.5, 0.6) is 0 Å². The van der Waals surface area contributed by atoms with Gasteiger partial charge in [-0.2, -0.15) is 0 Å². The molecule has 3 aromatic rings. The molecule has 1 aliphatic rings. The molecule has 0 bridgehead atoms. The van der Waals surface area contributed by atoms with Crippen LogP contribution >= 0.6 is 0 Å². The summed E-state index contributed by atoms with van der Waals surface area (Å²) >= 11 is 0. The molecule has 134 valence electrons. The topological polar surface area (TPSA) is 95.1 Å². The third-order valence-corrected chi connectivity index (χ3v) is 4.64. The van der Waals surface area contributed by atoms with Crippen molar-refractivity contribution in [2.24, 2.45) is 0 Å². The van der Waals surface area contributed by atoms with Crippen LogP contribution in [-0.4, -0.2) is 39.7 Å². The van der Waals surface area contributed by atoms with Crippen LogP contribution in [0.1, 0.15) is 23.2 Å². The summed E-state index contributed by atoms with van der Waals surface area (Å²) in [6.07, 6.45) is 3.77. The largest absolute Gasteiger partial charge is 0.384 e. The van der Waals surface area contributed by atoms with Crippen molar-refractivity contribution >= 4 is 33.9 Å². The zero-order chi connectivity index (χ0) is 18.1. The average molecular weight is 351 g/mol. The molecule has 1 aromatic carbocycles. The van der Waals surface area contributed by atoms with Crippen molar-refractivity contribution in [2.75, 3.05) is 18.9 Å². The van der Waals surface area contributed by atoms with Gasteiger partial charge in [0.1, 0.15) is 16.9 Å². The number of nitrogens with one attached hydrogen (secondary N) is 1. The smallest absolute Gasteiger partial charge is 0.257 e. The predicted octanol–water partition coefficient (Wildman–Crippen LogP) is 2.26. The fraction of sp³-hybridized carbons (Fsp3) is 0.316. The maximum absolute atomic E-state index is 12.8. The lowest BCUT2D eigenvalue weighted by Gasteiger charge is -2.10. The van der Waals surface area contributed by atoms with Crippen LogP contribution in [0.15, 0.2) is 36.9 Å². The molecule has 1 fully saturated rings. The number of anilines is 1. The fourth-order valence-electron chi connectivity index (χ4n) is 3.36. The van der Waals surface area contributed by atoms with E-state index in [0.717, 1.165) is 30.5 Å². The minimum atomic E-state index is -0.254. The molecule has 4 rings (SSSR count). The van der Waals surface area contributed by atoms with E-state index < -0.39 is 0 Å². The van der Waals surface area contributed by atoms with Gasteiger partial charge < -0.3 is 20.4 Å². The minimum absolute atomic E-state index is 0.0635. The van der Waals surface area contributed by atoms with Crippen molar-refractivity contribution in [3.63, 3.8) is 0 Å². The Bertz CT molecular complexity index is 988. The van der Waals surface area contributed by atoms with E-state index in [9.17, 15) is 4.79 Å². The number of rotatable bonds is 5. The minimum Gasteiger partial charge on any atom is -0.384 e. The molecule has 1 saturated heterocycles. The molecule has 7 heteroatoms. The molecule has 1 amide bonds. The summed E-state index contributed by atoms with van der Waals surface area (Å²) in [5.41, 5.74) is 9.23. The number of ether oxygens (including phenoxy) is 1. The first-order valence-corrected chi connectivity index (χ1v) is 8.74. The van der Waals surface area contributed by atoms with Crippen molar-refractivity contribution in [3.8, 4) is 0 Å². The number of nitrogens with zero attached hydrogens (tertiary/aromatic N) is 3. The molecule has 1 aliphatic heterocycles. The molecule has 7 nitrogen and oxygen atoms in total. The summed E-state index contributed by atoms with van der Waals surface area (Å²) < 4.78 is 7.33. The molecular weight excluding hydrogens is 330 g/mol. The molecule has 26 heavy (non-hydrogen) atoms. The molecule has 0 unspecified atom stereocenters. The van der Waals surface area contributed by atoms with Gasteiger partial charge in [-0.15, -0.1) is 6.58 Å². The van der Waals surface area contributed by atoms with Gasteiger partial charge in [-0.1, -0.05) is 18.2 Å². The van der Waals surface area contributed by atoms with E-state index in [2.05, 4.69) is 21.9 Å². The molecule has 0 radical (unpaired) electrons. The van der Waals surface area contributed by atoms with Gasteiger partial charge in [-0.25, -0.2) is 9.97 Å². The van der Waals surface area contributed by atoms with Crippen molar-refractivity contribution in [1.82, 2.24) is 19.9 Å². The highest BCUT2D eigenvalue weighted by Crippen LogP contribution is 2.28. The molecule has 3 heterocycles. The first kappa shape index (κ1) is 16.5. The highest BCUT2D eigenvalue weighted by Gasteiger charge is 2.24. The number of fused-ring (bicyclic) bond motifs is 2. The first-order valence-electron chi connectivity index (χ1n) is 8.74. The van der Waals surface area contributed by atoms with Gasteiger partial charge in [0, 0.05) is 19.7 Å². The van der Waals surface area contributed by atoms with Crippen LogP contribution in [0, 0.1) is 0 Å². The molecule has 1 atom stereocenters. The third-order valence-electron chi connectivity index (χ3n) is 4.64. The summed E-state index contributed by atoms with van der Waals surface area (Å²) in [7, 11) is 0. The number of hydrogen-bond donors (Lipinski definition) is 2. The Morgan fingerprint density at radius 1 is 1.38 bits per heavy atom. The standard InChI is InChI=1S/C19H21N5O2/c1-2-9-24-17(20)15(19(25)21-11-12-6-5-10-26-12)16-18(24)23-14-8-4-3-7-13(14)22-16/h2-4,7-8,12H,1,5-6,9-11,20H2,(H,21,25)/t12-/m1/s1. The second kappa shape index (κ2) is 6.76. The number of amides is 1. The Hall–Kier alpha value is -2.93. The Labute approximate surface area is 150 Å². The van der Waals surface area contributed by atoms with Crippen LogP contribution in [0.4, 0.5) is 5.82 Å². The van der Waals surface area contributed by atoms with Gasteiger partial charge in [0.25, 0.3) is 5.91 Å². The van der Waals surface area contributed by atoms with Gasteiger partial charge in [-0.3, -0.25) is 4.79 Å². The highest BCUT2D eigenvalue weighted by molar-refractivity contribution is 6.10. The zero-order valence-electron chi connectivity index (χ0n) is 14.4. The van der Waals surface area contributed by atoms with E-state index in [4.69, 9.17) is 10.5 Å². The quantitative estimate of drug-likeness (QED) is 0.688. The number of aromatic nitrogens is 3. The number of nitrogens with two attached hydrogens (primary N) is 1. The molecule has 2 aromatic heterocycles. The Kier molecular flexibility index (Phi) is 4.30. The number of nitrogen functional groups attached to an aromatic ring is 1. The summed E-state index contributed by atoms with van der Waals surface area (Å²) in [5.74, 6) is 0.0930. The predicted molar refractivity (Wildman–Crippen MR) is 101 cm³/mol. The number of para-hydroxylation sites is 2. The number of carbonyl (C=O) groups is 1. The van der Waals surface area contributed by atoms with Gasteiger partial charge in [0.2, 0.25) is 0 Å². The van der Waals surface area contributed by atoms with Crippen LogP contribution in [0.2, 0.25) is 0 Å². The van der Waals surface area contributed by atoms with E-state index in [1.165, 1.54) is 0 Å². The monoisotopic (exact) mass is 351 g/mol. The van der Waals surface area contributed by atoms with Crippen molar-refractivity contribution in [2.45, 2.75) is 25.5 Å².